The van der Waals surface area contributed by atoms with Crippen molar-refractivity contribution in [2.24, 2.45) is 7.05 Å². The van der Waals surface area contributed by atoms with Crippen LogP contribution in [0.5, 0.6) is 11.5 Å². The molecule has 0 saturated heterocycles. The second-order valence-corrected chi connectivity index (χ2v) is 4.65. The van der Waals surface area contributed by atoms with Crippen molar-refractivity contribution in [2.45, 2.75) is 0 Å². The zero-order valence-corrected chi connectivity index (χ0v) is 12.3. The molecule has 0 radical (unpaired) electrons. The van der Waals surface area contributed by atoms with Gasteiger partial charge in [-0.2, -0.15) is 5.10 Å². The number of nitrogen functional groups attached to an aromatic ring is 1. The van der Waals surface area contributed by atoms with E-state index < -0.39 is 5.82 Å². The van der Waals surface area contributed by atoms with Crippen LogP contribution in [0.2, 0.25) is 0 Å². The minimum atomic E-state index is -0.506. The van der Waals surface area contributed by atoms with E-state index >= 15 is 0 Å². The lowest BCUT2D eigenvalue weighted by Gasteiger charge is -2.14. The monoisotopic (exact) mass is 329 g/mol. The highest BCUT2D eigenvalue weighted by molar-refractivity contribution is 9.10. The number of hydrogen-bond acceptors (Lipinski definition) is 4. The smallest absolute Gasteiger partial charge is 0.172 e. The molecule has 19 heavy (non-hydrogen) atoms. The van der Waals surface area contributed by atoms with Crippen LogP contribution in [0.25, 0.3) is 11.1 Å². The largest absolute Gasteiger partial charge is 0.495 e. The first-order valence-corrected chi connectivity index (χ1v) is 6.18. The second kappa shape index (κ2) is 5.08. The summed E-state index contributed by atoms with van der Waals surface area (Å²) in [5.74, 6) is 0.448. The molecule has 0 saturated carbocycles. The standard InChI is InChI=1S/C12H13BrFN3O2/c1-17-12(15)7(5-16-17)6-4-8(14)11(19-3)9(13)10(6)18-2/h4-5H,15H2,1-3H3. The third-order valence-electron chi connectivity index (χ3n) is 2.81. The Morgan fingerprint density at radius 3 is 2.37 bits per heavy atom. The number of halogens is 2. The molecule has 1 aromatic carbocycles. The number of rotatable bonds is 3. The fraction of sp³-hybridized carbons (Fsp3) is 0.250. The number of nitrogens with two attached hydrogens (primary N) is 1. The summed E-state index contributed by atoms with van der Waals surface area (Å²) in [6, 6.07) is 1.32. The maximum absolute atomic E-state index is 14.0. The van der Waals surface area contributed by atoms with Gasteiger partial charge in [0.25, 0.3) is 0 Å². The summed E-state index contributed by atoms with van der Waals surface area (Å²) in [5, 5.41) is 4.04. The van der Waals surface area contributed by atoms with E-state index in [9.17, 15) is 4.39 Å². The number of hydrogen-bond donors (Lipinski definition) is 1. The molecule has 0 aliphatic carbocycles. The maximum Gasteiger partial charge on any atom is 0.172 e. The van der Waals surface area contributed by atoms with E-state index in [1.165, 1.54) is 25.0 Å². The predicted molar refractivity (Wildman–Crippen MR) is 73.8 cm³/mol. The number of ether oxygens (including phenoxy) is 2. The Bertz CT molecular complexity index is 628. The summed E-state index contributed by atoms with van der Waals surface area (Å²) in [6.45, 7) is 0. The Morgan fingerprint density at radius 2 is 1.89 bits per heavy atom. The van der Waals surface area contributed by atoms with Crippen molar-refractivity contribution in [3.8, 4) is 22.6 Å². The average Bonchev–Trinajstić information content (AvgIpc) is 2.70. The molecule has 2 rings (SSSR count). The lowest BCUT2D eigenvalue weighted by atomic mass is 10.1. The topological polar surface area (TPSA) is 62.3 Å². The molecule has 0 fully saturated rings. The molecule has 2 N–H and O–H groups in total. The molecule has 102 valence electrons. The van der Waals surface area contributed by atoms with Gasteiger partial charge in [0.1, 0.15) is 16.0 Å². The van der Waals surface area contributed by atoms with Crippen LogP contribution in [0, 0.1) is 5.82 Å². The quantitative estimate of drug-likeness (QED) is 0.940. The molecule has 1 aromatic heterocycles. The van der Waals surface area contributed by atoms with Crippen molar-refractivity contribution < 1.29 is 13.9 Å². The Balaban J connectivity index is 2.74. The van der Waals surface area contributed by atoms with Crippen LogP contribution in [-0.2, 0) is 7.05 Å². The van der Waals surface area contributed by atoms with Gasteiger partial charge in [-0.25, -0.2) is 4.39 Å². The highest BCUT2D eigenvalue weighted by Crippen LogP contribution is 2.44. The van der Waals surface area contributed by atoms with Crippen LogP contribution >= 0.6 is 15.9 Å². The number of nitrogens with zero attached hydrogens (tertiary/aromatic N) is 2. The Hall–Kier alpha value is -1.76. The fourth-order valence-electron chi connectivity index (χ4n) is 1.83. The highest BCUT2D eigenvalue weighted by Gasteiger charge is 2.21. The van der Waals surface area contributed by atoms with E-state index in [4.69, 9.17) is 15.2 Å². The zero-order valence-electron chi connectivity index (χ0n) is 10.7. The summed E-state index contributed by atoms with van der Waals surface area (Å²) in [5.41, 5.74) is 7.02. The molecule has 0 amide bonds. The van der Waals surface area contributed by atoms with Crippen molar-refractivity contribution >= 4 is 21.7 Å². The normalized spacial score (nSPS) is 10.6. The summed E-state index contributed by atoms with van der Waals surface area (Å²) in [6.07, 6.45) is 1.56. The number of anilines is 1. The van der Waals surface area contributed by atoms with E-state index in [2.05, 4.69) is 21.0 Å². The van der Waals surface area contributed by atoms with Crippen molar-refractivity contribution in [1.82, 2.24) is 9.78 Å². The molecule has 0 atom stereocenters. The molecular weight excluding hydrogens is 317 g/mol. The number of benzene rings is 1. The van der Waals surface area contributed by atoms with Crippen molar-refractivity contribution in [3.05, 3.63) is 22.6 Å². The Morgan fingerprint density at radius 1 is 1.26 bits per heavy atom. The molecule has 0 aliphatic heterocycles. The summed E-state index contributed by atoms with van der Waals surface area (Å²) in [7, 11) is 4.59. The predicted octanol–water partition coefficient (Wildman–Crippen LogP) is 2.59. The molecule has 0 aliphatic rings. The van der Waals surface area contributed by atoms with Crippen LogP contribution < -0.4 is 15.2 Å². The van der Waals surface area contributed by atoms with E-state index in [1.807, 2.05) is 0 Å². The number of aromatic nitrogens is 2. The van der Waals surface area contributed by atoms with Gasteiger partial charge in [0.15, 0.2) is 11.6 Å². The summed E-state index contributed by atoms with van der Waals surface area (Å²) < 4.78 is 26.2. The number of methoxy groups -OCH3 is 2. The van der Waals surface area contributed by atoms with Gasteiger partial charge in [0.2, 0.25) is 0 Å². The highest BCUT2D eigenvalue weighted by atomic mass is 79.9. The third-order valence-corrected chi connectivity index (χ3v) is 3.53. The van der Waals surface area contributed by atoms with Crippen LogP contribution in [0.1, 0.15) is 0 Å². The minimum Gasteiger partial charge on any atom is -0.495 e. The SMILES string of the molecule is COc1c(F)cc(-c2cnn(C)c2N)c(OC)c1Br. The van der Waals surface area contributed by atoms with Gasteiger partial charge >= 0.3 is 0 Å². The number of aryl methyl sites for hydroxylation is 1. The van der Waals surface area contributed by atoms with E-state index in [0.29, 0.717) is 27.2 Å². The van der Waals surface area contributed by atoms with E-state index in [-0.39, 0.29) is 5.75 Å². The molecule has 7 heteroatoms. The fourth-order valence-corrected chi connectivity index (χ4v) is 2.55. The lowest BCUT2D eigenvalue weighted by molar-refractivity contribution is 0.370. The molecule has 2 aromatic rings. The second-order valence-electron chi connectivity index (χ2n) is 3.85. The van der Waals surface area contributed by atoms with Crippen LogP contribution in [0.4, 0.5) is 10.2 Å². The first kappa shape index (κ1) is 13.7. The molecule has 0 unspecified atom stereocenters. The van der Waals surface area contributed by atoms with Crippen molar-refractivity contribution in [2.75, 3.05) is 20.0 Å². The molecular formula is C12H13BrFN3O2. The zero-order chi connectivity index (χ0) is 14.2. The first-order chi connectivity index (χ1) is 9.01. The maximum atomic E-state index is 14.0. The van der Waals surface area contributed by atoms with Gasteiger partial charge in [-0.15, -0.1) is 0 Å². The van der Waals surface area contributed by atoms with Crippen LogP contribution in [0.3, 0.4) is 0 Å². The van der Waals surface area contributed by atoms with Gasteiger partial charge in [-0.3, -0.25) is 4.68 Å². The van der Waals surface area contributed by atoms with Crippen LogP contribution in [-0.4, -0.2) is 24.0 Å². The minimum absolute atomic E-state index is 0.0862. The summed E-state index contributed by atoms with van der Waals surface area (Å²) in [4.78, 5) is 0. The Kier molecular flexibility index (Phi) is 3.66. The van der Waals surface area contributed by atoms with Gasteiger partial charge in [0.05, 0.1) is 20.4 Å². The third kappa shape index (κ3) is 2.14. The van der Waals surface area contributed by atoms with E-state index in [1.54, 1.807) is 13.2 Å². The van der Waals surface area contributed by atoms with Crippen LogP contribution in [0.15, 0.2) is 16.7 Å². The van der Waals surface area contributed by atoms with Gasteiger partial charge in [-0.05, 0) is 22.0 Å². The molecule has 1 heterocycles. The van der Waals surface area contributed by atoms with Crippen molar-refractivity contribution in [1.29, 1.82) is 0 Å². The summed E-state index contributed by atoms with van der Waals surface area (Å²) >= 11 is 3.27. The van der Waals surface area contributed by atoms with Crippen molar-refractivity contribution in [3.63, 3.8) is 0 Å². The van der Waals surface area contributed by atoms with Gasteiger partial charge < -0.3 is 15.2 Å². The molecule has 0 spiro atoms. The molecule has 0 bridgehead atoms. The van der Waals surface area contributed by atoms with Gasteiger partial charge in [-0.1, -0.05) is 0 Å². The average molecular weight is 330 g/mol. The van der Waals surface area contributed by atoms with E-state index in [0.717, 1.165) is 0 Å². The lowest BCUT2D eigenvalue weighted by Crippen LogP contribution is -2.00. The molecule has 5 nitrogen and oxygen atoms in total. The Labute approximate surface area is 118 Å². The van der Waals surface area contributed by atoms with Gasteiger partial charge in [0, 0.05) is 18.2 Å². The first-order valence-electron chi connectivity index (χ1n) is 5.39.